The Balaban J connectivity index is 2.54. The molecule has 0 aliphatic heterocycles. The van der Waals surface area contributed by atoms with Crippen molar-refractivity contribution in [3.05, 3.63) is 58.1 Å². The van der Waals surface area contributed by atoms with Crippen LogP contribution < -0.4 is 0 Å². The third-order valence-corrected chi connectivity index (χ3v) is 3.52. The van der Waals surface area contributed by atoms with Gasteiger partial charge in [-0.25, -0.2) is 9.59 Å². The van der Waals surface area contributed by atoms with Crippen LogP contribution in [-0.2, 0) is 16.0 Å². The molecule has 0 unspecified atom stereocenters. The van der Waals surface area contributed by atoms with Gasteiger partial charge in [-0.05, 0) is 30.2 Å². The molecular formula is C16H11ClN2O2. The molecule has 0 bridgehead atoms. The standard InChI is InChI=1S/C16H11ClN2O2/c1-11-15(18-9-20)7-6-13(16(11)19-10-21)8-12-4-2-3-5-14(12)17/h2-7H,8H2,1H3. The first-order chi connectivity index (χ1) is 10.2. The minimum atomic E-state index is 0.432. The molecule has 0 atom stereocenters. The van der Waals surface area contributed by atoms with Crippen molar-refractivity contribution in [2.75, 3.05) is 0 Å². The topological polar surface area (TPSA) is 58.9 Å². The lowest BCUT2D eigenvalue weighted by atomic mass is 9.99. The Morgan fingerprint density at radius 1 is 1.00 bits per heavy atom. The van der Waals surface area contributed by atoms with E-state index in [0.29, 0.717) is 28.4 Å². The predicted octanol–water partition coefficient (Wildman–Crippen LogP) is 4.17. The van der Waals surface area contributed by atoms with Crippen molar-refractivity contribution < 1.29 is 9.59 Å². The Labute approximate surface area is 126 Å². The van der Waals surface area contributed by atoms with Crippen LogP contribution in [0.25, 0.3) is 0 Å². The largest absolute Gasteiger partial charge is 0.240 e. The molecule has 0 spiro atoms. The summed E-state index contributed by atoms with van der Waals surface area (Å²) in [4.78, 5) is 28.4. The summed E-state index contributed by atoms with van der Waals surface area (Å²) in [5, 5.41) is 0.645. The summed E-state index contributed by atoms with van der Waals surface area (Å²) in [6.07, 6.45) is 3.54. The number of benzene rings is 2. The molecule has 0 saturated heterocycles. The van der Waals surface area contributed by atoms with Gasteiger partial charge in [0.05, 0.1) is 11.4 Å². The summed E-state index contributed by atoms with van der Waals surface area (Å²) in [6.45, 7) is 1.74. The molecule has 0 aliphatic carbocycles. The first kappa shape index (κ1) is 14.9. The second-order valence-electron chi connectivity index (χ2n) is 4.39. The maximum Gasteiger partial charge on any atom is 0.240 e. The zero-order chi connectivity index (χ0) is 15.2. The van der Waals surface area contributed by atoms with Crippen molar-refractivity contribution in [1.29, 1.82) is 0 Å². The molecule has 2 rings (SSSR count). The Hall–Kier alpha value is -2.51. The van der Waals surface area contributed by atoms with E-state index in [4.69, 9.17) is 11.6 Å². The SMILES string of the molecule is Cc1c(N=C=O)ccc(Cc2ccccc2Cl)c1N=C=O. The van der Waals surface area contributed by atoms with Gasteiger partial charge in [0.2, 0.25) is 12.2 Å². The highest BCUT2D eigenvalue weighted by molar-refractivity contribution is 6.31. The molecule has 104 valence electrons. The molecule has 21 heavy (non-hydrogen) atoms. The second kappa shape index (κ2) is 6.78. The Bertz CT molecular complexity index is 774. The quantitative estimate of drug-likeness (QED) is 0.628. The number of aliphatic imine (C=N–C) groups is 2. The lowest BCUT2D eigenvalue weighted by Crippen LogP contribution is -1.92. The van der Waals surface area contributed by atoms with Crippen LogP contribution in [0.4, 0.5) is 11.4 Å². The highest BCUT2D eigenvalue weighted by Crippen LogP contribution is 2.33. The van der Waals surface area contributed by atoms with Crippen molar-refractivity contribution in [3.8, 4) is 0 Å². The van der Waals surface area contributed by atoms with Gasteiger partial charge in [0.25, 0.3) is 0 Å². The number of rotatable bonds is 4. The van der Waals surface area contributed by atoms with Crippen LogP contribution in [0.15, 0.2) is 46.4 Å². The molecule has 5 heteroatoms. The molecule has 0 heterocycles. The van der Waals surface area contributed by atoms with Crippen molar-refractivity contribution in [2.45, 2.75) is 13.3 Å². The highest BCUT2D eigenvalue weighted by Gasteiger charge is 2.11. The van der Waals surface area contributed by atoms with E-state index in [1.54, 1.807) is 25.1 Å². The molecule has 0 saturated carbocycles. The van der Waals surface area contributed by atoms with Crippen LogP contribution in [-0.4, -0.2) is 12.2 Å². The molecule has 0 N–H and O–H groups in total. The van der Waals surface area contributed by atoms with Gasteiger partial charge in [0.15, 0.2) is 0 Å². The molecule has 0 radical (unpaired) electrons. The summed E-state index contributed by atoms with van der Waals surface area (Å²) < 4.78 is 0. The van der Waals surface area contributed by atoms with Gasteiger partial charge < -0.3 is 0 Å². The first-order valence-corrected chi connectivity index (χ1v) is 6.56. The lowest BCUT2D eigenvalue weighted by Gasteiger charge is -2.10. The number of halogens is 1. The van der Waals surface area contributed by atoms with Crippen molar-refractivity contribution in [1.82, 2.24) is 0 Å². The van der Waals surface area contributed by atoms with Crippen LogP contribution >= 0.6 is 11.6 Å². The zero-order valence-electron chi connectivity index (χ0n) is 11.3. The van der Waals surface area contributed by atoms with Crippen LogP contribution in [0, 0.1) is 6.92 Å². The Kier molecular flexibility index (Phi) is 4.81. The van der Waals surface area contributed by atoms with Gasteiger partial charge in [-0.3, -0.25) is 0 Å². The van der Waals surface area contributed by atoms with E-state index in [1.807, 2.05) is 18.2 Å². The van der Waals surface area contributed by atoms with E-state index in [0.717, 1.165) is 11.1 Å². The Morgan fingerprint density at radius 3 is 2.38 bits per heavy atom. The normalized spacial score (nSPS) is 9.62. The number of carbonyl (C=O) groups excluding carboxylic acids is 2. The number of isocyanates is 2. The van der Waals surface area contributed by atoms with Crippen LogP contribution in [0.1, 0.15) is 16.7 Å². The number of hydrogen-bond donors (Lipinski definition) is 0. The van der Waals surface area contributed by atoms with Crippen LogP contribution in [0.2, 0.25) is 5.02 Å². The van der Waals surface area contributed by atoms with Crippen LogP contribution in [0.5, 0.6) is 0 Å². The Morgan fingerprint density at radius 2 is 1.71 bits per heavy atom. The van der Waals surface area contributed by atoms with Crippen molar-refractivity contribution in [3.63, 3.8) is 0 Å². The summed E-state index contributed by atoms with van der Waals surface area (Å²) >= 11 is 6.15. The average molecular weight is 299 g/mol. The minimum absolute atomic E-state index is 0.432. The third-order valence-electron chi connectivity index (χ3n) is 3.15. The molecule has 2 aromatic carbocycles. The maximum atomic E-state index is 10.6. The van der Waals surface area contributed by atoms with Gasteiger partial charge >= 0.3 is 0 Å². The van der Waals surface area contributed by atoms with Crippen molar-refractivity contribution >= 4 is 35.1 Å². The molecule has 2 aromatic rings. The lowest BCUT2D eigenvalue weighted by molar-refractivity contribution is 0.565. The van der Waals surface area contributed by atoms with Gasteiger partial charge in [0, 0.05) is 17.0 Å². The molecule has 0 aliphatic rings. The fraction of sp³-hybridized carbons (Fsp3) is 0.125. The van der Waals surface area contributed by atoms with E-state index >= 15 is 0 Å². The molecule has 4 nitrogen and oxygen atoms in total. The summed E-state index contributed by atoms with van der Waals surface area (Å²) in [5.74, 6) is 0. The maximum absolute atomic E-state index is 10.6. The van der Waals surface area contributed by atoms with E-state index in [9.17, 15) is 9.59 Å². The van der Waals surface area contributed by atoms with Gasteiger partial charge in [-0.15, -0.1) is 0 Å². The fourth-order valence-electron chi connectivity index (χ4n) is 2.11. The van der Waals surface area contributed by atoms with Crippen LogP contribution in [0.3, 0.4) is 0 Å². The van der Waals surface area contributed by atoms with E-state index in [1.165, 1.54) is 12.2 Å². The number of nitrogens with zero attached hydrogens (tertiary/aromatic N) is 2. The second-order valence-corrected chi connectivity index (χ2v) is 4.80. The molecule has 0 fully saturated rings. The number of hydrogen-bond acceptors (Lipinski definition) is 4. The van der Waals surface area contributed by atoms with E-state index in [-0.39, 0.29) is 0 Å². The average Bonchev–Trinajstić information content (AvgIpc) is 2.48. The molecule has 0 aromatic heterocycles. The first-order valence-electron chi connectivity index (χ1n) is 6.19. The summed E-state index contributed by atoms with van der Waals surface area (Å²) in [7, 11) is 0. The molecule has 0 amide bonds. The predicted molar refractivity (Wildman–Crippen MR) is 81.0 cm³/mol. The molecular weight excluding hydrogens is 288 g/mol. The fourth-order valence-corrected chi connectivity index (χ4v) is 2.31. The van der Waals surface area contributed by atoms with Gasteiger partial charge in [0.1, 0.15) is 0 Å². The van der Waals surface area contributed by atoms with Gasteiger partial charge in [-0.1, -0.05) is 35.9 Å². The summed E-state index contributed by atoms with van der Waals surface area (Å²) in [6, 6.07) is 10.9. The van der Waals surface area contributed by atoms with E-state index < -0.39 is 0 Å². The third kappa shape index (κ3) is 3.33. The van der Waals surface area contributed by atoms with Crippen molar-refractivity contribution in [2.24, 2.45) is 9.98 Å². The highest BCUT2D eigenvalue weighted by atomic mass is 35.5. The van der Waals surface area contributed by atoms with Gasteiger partial charge in [-0.2, -0.15) is 9.98 Å². The van der Waals surface area contributed by atoms with E-state index in [2.05, 4.69) is 9.98 Å². The zero-order valence-corrected chi connectivity index (χ0v) is 12.0. The summed E-state index contributed by atoms with van der Waals surface area (Å²) in [5.41, 5.74) is 3.26. The monoisotopic (exact) mass is 298 g/mol. The smallest absolute Gasteiger partial charge is 0.211 e. The minimum Gasteiger partial charge on any atom is -0.211 e.